The summed E-state index contributed by atoms with van der Waals surface area (Å²) in [4.78, 5) is 0. The predicted octanol–water partition coefficient (Wildman–Crippen LogP) is 5.41. The molecule has 0 aliphatic carbocycles. The normalized spacial score (nSPS) is 13.5. The van der Waals surface area contributed by atoms with E-state index in [0.29, 0.717) is 5.75 Å². The maximum atomic E-state index is 11.2. The van der Waals surface area contributed by atoms with Crippen LogP contribution in [0, 0.1) is 0 Å². The summed E-state index contributed by atoms with van der Waals surface area (Å²) in [6, 6.07) is 0. The van der Waals surface area contributed by atoms with Gasteiger partial charge in [-0.25, -0.2) is 18.4 Å². The molecule has 0 aromatic rings. The minimum Gasteiger partial charge on any atom is -0.247 e. The van der Waals surface area contributed by atoms with Crippen molar-refractivity contribution in [1.29, 1.82) is 0 Å². The number of hydrogen-bond acceptors (Lipinski definition) is 2. The molecule has 0 aromatic heterocycles. The molecule has 22 heavy (non-hydrogen) atoms. The van der Waals surface area contributed by atoms with Crippen LogP contribution in [0.2, 0.25) is 0 Å². The highest BCUT2D eigenvalue weighted by molar-refractivity contribution is 8.32. The van der Waals surface area contributed by atoms with Crippen LogP contribution in [0.5, 0.6) is 0 Å². The lowest BCUT2D eigenvalue weighted by Gasteiger charge is -2.31. The third-order valence-corrected chi connectivity index (χ3v) is 8.08. The lowest BCUT2D eigenvalue weighted by molar-refractivity contribution is 0.563. The molecule has 0 saturated heterocycles. The quantitative estimate of drug-likeness (QED) is 0.369. The highest BCUT2D eigenvalue weighted by atomic mass is 32.3. The molecule has 0 radical (unpaired) electrons. The minimum absolute atomic E-state index is 0.363. The molecule has 0 saturated carbocycles. The summed E-state index contributed by atoms with van der Waals surface area (Å²) >= 11 is 0. The Kier molecular flexibility index (Phi) is 12.9. The Balaban J connectivity index is 3.45. The van der Waals surface area contributed by atoms with Gasteiger partial charge in [0.05, 0.1) is 5.75 Å². The molecule has 0 N–H and O–H groups in total. The summed E-state index contributed by atoms with van der Waals surface area (Å²) < 4.78 is 22.3. The SMILES string of the molecule is CCCCCCCCCCCCS(C)(C)CCCS(C)(=O)=O. The Morgan fingerprint density at radius 1 is 0.545 bits per heavy atom. The fourth-order valence-corrected chi connectivity index (χ4v) is 5.76. The molecule has 0 aliphatic heterocycles. The van der Waals surface area contributed by atoms with Gasteiger partial charge in [-0.05, 0) is 36.9 Å². The van der Waals surface area contributed by atoms with Gasteiger partial charge in [-0.15, -0.1) is 0 Å². The molecule has 136 valence electrons. The van der Waals surface area contributed by atoms with E-state index in [4.69, 9.17) is 0 Å². The molecule has 0 unspecified atom stereocenters. The average Bonchev–Trinajstić information content (AvgIpc) is 2.39. The summed E-state index contributed by atoms with van der Waals surface area (Å²) in [5.41, 5.74) is 0. The van der Waals surface area contributed by atoms with Crippen molar-refractivity contribution < 1.29 is 8.42 Å². The molecule has 0 rings (SSSR count). The Hall–Kier alpha value is 0.300. The van der Waals surface area contributed by atoms with Crippen LogP contribution in [0.4, 0.5) is 0 Å². The number of sulfone groups is 1. The van der Waals surface area contributed by atoms with Gasteiger partial charge in [0.15, 0.2) is 0 Å². The van der Waals surface area contributed by atoms with Gasteiger partial charge in [-0.2, -0.15) is 0 Å². The van der Waals surface area contributed by atoms with E-state index >= 15 is 0 Å². The zero-order chi connectivity index (χ0) is 16.9. The molecular weight excluding hydrogens is 312 g/mol. The van der Waals surface area contributed by atoms with Gasteiger partial charge in [0.25, 0.3) is 0 Å². The fraction of sp³-hybridized carbons (Fsp3) is 1.00. The van der Waals surface area contributed by atoms with Gasteiger partial charge < -0.3 is 0 Å². The van der Waals surface area contributed by atoms with Crippen molar-refractivity contribution >= 4 is 19.9 Å². The van der Waals surface area contributed by atoms with E-state index in [9.17, 15) is 8.42 Å². The van der Waals surface area contributed by atoms with Crippen LogP contribution >= 0.6 is 10.0 Å². The van der Waals surface area contributed by atoms with Crippen molar-refractivity contribution in [3.8, 4) is 0 Å². The lowest BCUT2D eigenvalue weighted by Crippen LogP contribution is -2.11. The van der Waals surface area contributed by atoms with Gasteiger partial charge in [0.2, 0.25) is 0 Å². The van der Waals surface area contributed by atoms with E-state index in [1.165, 1.54) is 76.2 Å². The molecule has 0 amide bonds. The van der Waals surface area contributed by atoms with Crippen molar-refractivity contribution in [2.45, 2.75) is 77.6 Å². The largest absolute Gasteiger partial charge is 0.247 e. The van der Waals surface area contributed by atoms with Crippen molar-refractivity contribution in [1.82, 2.24) is 0 Å². The zero-order valence-electron chi connectivity index (χ0n) is 15.5. The molecule has 0 atom stereocenters. The summed E-state index contributed by atoms with van der Waals surface area (Å²) in [7, 11) is -3.35. The third-order valence-electron chi connectivity index (χ3n) is 4.26. The molecule has 0 heterocycles. The summed E-state index contributed by atoms with van der Waals surface area (Å²) in [5.74, 6) is 2.78. The van der Waals surface area contributed by atoms with Crippen LogP contribution in [-0.4, -0.2) is 44.4 Å². The molecule has 0 spiro atoms. The van der Waals surface area contributed by atoms with E-state index in [1.807, 2.05) is 0 Å². The van der Waals surface area contributed by atoms with E-state index in [2.05, 4.69) is 19.4 Å². The van der Waals surface area contributed by atoms with Crippen molar-refractivity contribution in [2.75, 3.05) is 36.0 Å². The standard InChI is InChI=1S/C18H40O2S2/c1-5-6-7-8-9-10-11-12-13-14-16-21(2,3)17-15-18-22(4,19)20/h5-18H2,1-4H3. The Morgan fingerprint density at radius 3 is 1.41 bits per heavy atom. The monoisotopic (exact) mass is 352 g/mol. The maximum absolute atomic E-state index is 11.2. The molecule has 0 bridgehead atoms. The first-order valence-corrected chi connectivity index (χ1v) is 14.0. The second-order valence-electron chi connectivity index (χ2n) is 7.34. The van der Waals surface area contributed by atoms with Crippen molar-refractivity contribution in [3.05, 3.63) is 0 Å². The van der Waals surface area contributed by atoms with E-state index in [1.54, 1.807) is 0 Å². The zero-order valence-corrected chi connectivity index (χ0v) is 17.2. The number of hydrogen-bond donors (Lipinski definition) is 0. The first-order valence-electron chi connectivity index (χ1n) is 9.13. The molecule has 0 aromatic carbocycles. The van der Waals surface area contributed by atoms with Gasteiger partial charge in [0, 0.05) is 6.26 Å². The Bertz CT molecular complexity index is 348. The van der Waals surface area contributed by atoms with Crippen LogP contribution in [0.3, 0.4) is 0 Å². The second kappa shape index (κ2) is 12.7. The van der Waals surface area contributed by atoms with Crippen LogP contribution in [0.1, 0.15) is 77.6 Å². The Morgan fingerprint density at radius 2 is 0.955 bits per heavy atom. The van der Waals surface area contributed by atoms with Crippen LogP contribution < -0.4 is 0 Å². The summed E-state index contributed by atoms with van der Waals surface area (Å²) in [6.07, 6.45) is 20.8. The summed E-state index contributed by atoms with van der Waals surface area (Å²) in [5, 5.41) is 0. The number of rotatable bonds is 15. The highest BCUT2D eigenvalue weighted by Crippen LogP contribution is 2.41. The van der Waals surface area contributed by atoms with E-state index in [0.717, 1.165) is 12.2 Å². The molecule has 0 aliphatic rings. The Labute approximate surface area is 142 Å². The fourth-order valence-electron chi connectivity index (χ4n) is 2.79. The van der Waals surface area contributed by atoms with E-state index < -0.39 is 19.9 Å². The van der Waals surface area contributed by atoms with Crippen LogP contribution in [0.25, 0.3) is 0 Å². The molecule has 4 heteroatoms. The van der Waals surface area contributed by atoms with Crippen molar-refractivity contribution in [2.24, 2.45) is 0 Å². The maximum Gasteiger partial charge on any atom is 0.147 e. The topological polar surface area (TPSA) is 34.1 Å². The lowest BCUT2D eigenvalue weighted by atomic mass is 10.1. The first-order chi connectivity index (χ1) is 10.3. The van der Waals surface area contributed by atoms with Gasteiger partial charge in [-0.3, -0.25) is 0 Å². The molecule has 2 nitrogen and oxygen atoms in total. The second-order valence-corrected chi connectivity index (χ2v) is 14.0. The van der Waals surface area contributed by atoms with E-state index in [-0.39, 0.29) is 0 Å². The number of unbranched alkanes of at least 4 members (excludes halogenated alkanes) is 9. The summed E-state index contributed by atoms with van der Waals surface area (Å²) in [6.45, 7) is 2.27. The van der Waals surface area contributed by atoms with Crippen LogP contribution in [0.15, 0.2) is 0 Å². The predicted molar refractivity (Wildman–Crippen MR) is 105 cm³/mol. The van der Waals surface area contributed by atoms with Crippen molar-refractivity contribution in [3.63, 3.8) is 0 Å². The van der Waals surface area contributed by atoms with Gasteiger partial charge in [0.1, 0.15) is 9.84 Å². The smallest absolute Gasteiger partial charge is 0.147 e. The minimum atomic E-state index is -2.78. The first kappa shape index (κ1) is 22.3. The van der Waals surface area contributed by atoms with Crippen LogP contribution in [-0.2, 0) is 9.84 Å². The van der Waals surface area contributed by atoms with Gasteiger partial charge in [-0.1, -0.05) is 64.7 Å². The average molecular weight is 353 g/mol. The third kappa shape index (κ3) is 16.7. The highest BCUT2D eigenvalue weighted by Gasteiger charge is 2.12. The molecular formula is C18H40O2S2. The molecule has 0 fully saturated rings. The van der Waals surface area contributed by atoms with Gasteiger partial charge >= 0.3 is 0 Å².